The minimum atomic E-state index is -0.241. The Morgan fingerprint density at radius 3 is 2.53 bits per heavy atom. The van der Waals surface area contributed by atoms with Gasteiger partial charge in [-0.1, -0.05) is 20.3 Å². The number of nitrogens with zero attached hydrogens (tertiary/aromatic N) is 1. The summed E-state index contributed by atoms with van der Waals surface area (Å²) < 4.78 is 0. The van der Waals surface area contributed by atoms with E-state index in [1.165, 1.54) is 12.8 Å². The Labute approximate surface area is 93.1 Å². The second kappa shape index (κ2) is 6.46. The molecular weight excluding hydrogens is 190 g/mol. The second-order valence-corrected chi connectivity index (χ2v) is 4.60. The van der Waals surface area contributed by atoms with E-state index in [1.807, 2.05) is 13.8 Å². The molecule has 0 spiro atoms. The summed E-state index contributed by atoms with van der Waals surface area (Å²) >= 11 is 0. The predicted molar refractivity (Wildman–Crippen MR) is 61.8 cm³/mol. The lowest BCUT2D eigenvalue weighted by Gasteiger charge is -2.39. The quantitative estimate of drug-likeness (QED) is 0.728. The van der Waals surface area contributed by atoms with Gasteiger partial charge >= 0.3 is 0 Å². The summed E-state index contributed by atoms with van der Waals surface area (Å²) in [6.07, 6.45) is 4.62. The summed E-state index contributed by atoms with van der Waals surface area (Å²) in [5.41, 5.74) is 0. The van der Waals surface area contributed by atoms with Crippen molar-refractivity contribution in [1.29, 1.82) is 0 Å². The fourth-order valence-corrected chi connectivity index (χ4v) is 2.35. The third-order valence-corrected chi connectivity index (χ3v) is 3.44. The van der Waals surface area contributed by atoms with E-state index >= 15 is 0 Å². The van der Waals surface area contributed by atoms with Crippen LogP contribution in [0, 0.1) is 0 Å². The van der Waals surface area contributed by atoms with Crippen molar-refractivity contribution in [3.8, 4) is 0 Å². The molecule has 1 aliphatic rings. The second-order valence-electron chi connectivity index (χ2n) is 4.60. The maximum Gasteiger partial charge on any atom is 0.0692 e. The number of likely N-dealkylation sites (tertiary alicyclic amines) is 1. The van der Waals surface area contributed by atoms with E-state index in [-0.39, 0.29) is 18.2 Å². The molecule has 0 aromatic heterocycles. The van der Waals surface area contributed by atoms with Gasteiger partial charge in [0, 0.05) is 12.6 Å². The first-order valence-electron chi connectivity index (χ1n) is 6.29. The number of piperidine rings is 1. The van der Waals surface area contributed by atoms with Crippen LogP contribution >= 0.6 is 0 Å². The van der Waals surface area contributed by atoms with Crippen molar-refractivity contribution >= 4 is 0 Å². The molecule has 0 amide bonds. The molecule has 0 radical (unpaired) electrons. The van der Waals surface area contributed by atoms with Crippen LogP contribution in [0.15, 0.2) is 0 Å². The molecule has 0 bridgehead atoms. The molecule has 1 aliphatic heterocycles. The molecule has 15 heavy (non-hydrogen) atoms. The van der Waals surface area contributed by atoms with Gasteiger partial charge < -0.3 is 10.2 Å². The monoisotopic (exact) mass is 215 g/mol. The van der Waals surface area contributed by atoms with Crippen molar-refractivity contribution in [2.45, 2.75) is 64.2 Å². The fraction of sp³-hybridized carbons (Fsp3) is 1.00. The Morgan fingerprint density at radius 2 is 1.93 bits per heavy atom. The van der Waals surface area contributed by atoms with Crippen LogP contribution in [-0.4, -0.2) is 46.5 Å². The molecule has 3 heteroatoms. The molecular formula is C12H25NO2. The summed E-state index contributed by atoms with van der Waals surface area (Å²) in [6, 6.07) is 0.268. The highest BCUT2D eigenvalue weighted by molar-refractivity contribution is 4.83. The molecule has 1 rings (SSSR count). The minimum absolute atomic E-state index is 0.227. The van der Waals surface area contributed by atoms with Gasteiger partial charge in [-0.15, -0.1) is 0 Å². The molecule has 0 aliphatic carbocycles. The molecule has 90 valence electrons. The summed E-state index contributed by atoms with van der Waals surface area (Å²) in [5.74, 6) is 0. The van der Waals surface area contributed by atoms with E-state index < -0.39 is 0 Å². The first-order valence-corrected chi connectivity index (χ1v) is 6.29. The number of hydrogen-bond acceptors (Lipinski definition) is 3. The van der Waals surface area contributed by atoms with Gasteiger partial charge in [0.15, 0.2) is 0 Å². The molecule has 1 heterocycles. The van der Waals surface area contributed by atoms with Gasteiger partial charge in [0.2, 0.25) is 0 Å². The number of rotatable bonds is 5. The topological polar surface area (TPSA) is 43.7 Å². The van der Waals surface area contributed by atoms with E-state index in [0.29, 0.717) is 0 Å². The van der Waals surface area contributed by atoms with Gasteiger partial charge in [-0.25, -0.2) is 0 Å². The van der Waals surface area contributed by atoms with Crippen molar-refractivity contribution in [2.75, 3.05) is 13.1 Å². The first-order chi connectivity index (χ1) is 7.19. The fourth-order valence-electron chi connectivity index (χ4n) is 2.35. The highest BCUT2D eigenvalue weighted by Crippen LogP contribution is 2.21. The van der Waals surface area contributed by atoms with Crippen LogP contribution in [0.2, 0.25) is 0 Å². The van der Waals surface area contributed by atoms with Crippen LogP contribution < -0.4 is 0 Å². The van der Waals surface area contributed by atoms with Gasteiger partial charge in [0.05, 0.1) is 12.2 Å². The zero-order chi connectivity index (χ0) is 11.3. The molecule has 3 atom stereocenters. The van der Waals surface area contributed by atoms with Crippen LogP contribution in [0.5, 0.6) is 0 Å². The lowest BCUT2D eigenvalue weighted by atomic mass is 9.95. The molecule has 0 aromatic carbocycles. The van der Waals surface area contributed by atoms with E-state index in [4.69, 9.17) is 0 Å². The van der Waals surface area contributed by atoms with Gasteiger partial charge in [-0.2, -0.15) is 0 Å². The van der Waals surface area contributed by atoms with E-state index in [2.05, 4.69) is 4.90 Å². The Balaban J connectivity index is 2.49. The lowest BCUT2D eigenvalue weighted by molar-refractivity contribution is -0.00126. The zero-order valence-corrected chi connectivity index (χ0v) is 10.0. The number of β-amino-alcohol motifs (C(OH)–C–C–N with tert-alkyl or cyclic N) is 1. The lowest BCUT2D eigenvalue weighted by Crippen LogP contribution is -2.49. The van der Waals surface area contributed by atoms with Crippen molar-refractivity contribution in [3.63, 3.8) is 0 Å². The average Bonchev–Trinajstić information content (AvgIpc) is 2.28. The number of aliphatic hydroxyl groups is 2. The maximum atomic E-state index is 9.92. The minimum Gasteiger partial charge on any atom is -0.392 e. The van der Waals surface area contributed by atoms with E-state index in [9.17, 15) is 10.2 Å². The van der Waals surface area contributed by atoms with Crippen LogP contribution in [0.25, 0.3) is 0 Å². The Kier molecular flexibility index (Phi) is 5.58. The molecule has 3 unspecified atom stereocenters. The van der Waals surface area contributed by atoms with Crippen LogP contribution in [0.1, 0.15) is 46.0 Å². The smallest absolute Gasteiger partial charge is 0.0692 e. The maximum absolute atomic E-state index is 9.92. The van der Waals surface area contributed by atoms with Crippen LogP contribution in [0.4, 0.5) is 0 Å². The molecule has 3 nitrogen and oxygen atoms in total. The SMILES string of the molecule is CCC(O)CN1CCCCC1C(O)CC. The molecule has 0 saturated carbocycles. The van der Waals surface area contributed by atoms with Gasteiger partial charge in [0.1, 0.15) is 0 Å². The summed E-state index contributed by atoms with van der Waals surface area (Å²) in [7, 11) is 0. The summed E-state index contributed by atoms with van der Waals surface area (Å²) in [5, 5.41) is 19.6. The van der Waals surface area contributed by atoms with Crippen molar-refractivity contribution < 1.29 is 10.2 Å². The summed E-state index contributed by atoms with van der Waals surface area (Å²) in [4.78, 5) is 2.27. The average molecular weight is 215 g/mol. The van der Waals surface area contributed by atoms with Gasteiger partial charge in [-0.05, 0) is 32.2 Å². The Morgan fingerprint density at radius 1 is 1.20 bits per heavy atom. The number of aliphatic hydroxyl groups excluding tert-OH is 2. The highest BCUT2D eigenvalue weighted by Gasteiger charge is 2.28. The summed E-state index contributed by atoms with van der Waals surface area (Å²) in [6.45, 7) is 5.77. The van der Waals surface area contributed by atoms with Crippen molar-refractivity contribution in [3.05, 3.63) is 0 Å². The molecule has 0 aromatic rings. The van der Waals surface area contributed by atoms with Gasteiger partial charge in [0.25, 0.3) is 0 Å². The first kappa shape index (κ1) is 12.9. The predicted octanol–water partition coefficient (Wildman–Crippen LogP) is 1.38. The highest BCUT2D eigenvalue weighted by atomic mass is 16.3. The zero-order valence-electron chi connectivity index (χ0n) is 10.0. The van der Waals surface area contributed by atoms with Crippen molar-refractivity contribution in [2.24, 2.45) is 0 Å². The molecule has 1 saturated heterocycles. The van der Waals surface area contributed by atoms with E-state index in [1.54, 1.807) is 0 Å². The molecule has 1 fully saturated rings. The normalized spacial score (nSPS) is 27.6. The van der Waals surface area contributed by atoms with Gasteiger partial charge in [-0.3, -0.25) is 4.90 Å². The van der Waals surface area contributed by atoms with Crippen LogP contribution in [-0.2, 0) is 0 Å². The Bertz CT molecular complexity index is 175. The standard InChI is InChI=1S/C12H25NO2/c1-3-10(14)9-13-8-6-5-7-11(13)12(15)4-2/h10-12,14-15H,3-9H2,1-2H3. The largest absolute Gasteiger partial charge is 0.392 e. The third-order valence-electron chi connectivity index (χ3n) is 3.44. The Hall–Kier alpha value is -0.120. The third kappa shape index (κ3) is 3.74. The van der Waals surface area contributed by atoms with E-state index in [0.717, 1.165) is 32.4 Å². The molecule has 2 N–H and O–H groups in total. The number of hydrogen-bond donors (Lipinski definition) is 2. The van der Waals surface area contributed by atoms with Crippen molar-refractivity contribution in [1.82, 2.24) is 4.90 Å². The van der Waals surface area contributed by atoms with Crippen LogP contribution in [0.3, 0.4) is 0 Å².